The van der Waals surface area contributed by atoms with E-state index in [0.717, 1.165) is 5.56 Å². The van der Waals surface area contributed by atoms with Gasteiger partial charge in [-0.25, -0.2) is 4.79 Å². The number of carbonyl (C=O) groups excluding carboxylic acids is 1. The molecule has 27 heavy (non-hydrogen) atoms. The van der Waals surface area contributed by atoms with E-state index in [1.54, 1.807) is 24.3 Å². The largest absolute Gasteiger partial charge is 0.481 e. The van der Waals surface area contributed by atoms with Gasteiger partial charge in [-0.05, 0) is 30.5 Å². The number of hydrogen-bond donors (Lipinski definition) is 6. The van der Waals surface area contributed by atoms with Crippen LogP contribution in [-0.2, 0) is 20.8 Å². The van der Waals surface area contributed by atoms with Crippen LogP contribution in [0.1, 0.15) is 24.8 Å². The Labute approximate surface area is 155 Å². The summed E-state index contributed by atoms with van der Waals surface area (Å²) in [5.41, 5.74) is 1.38. The van der Waals surface area contributed by atoms with Crippen molar-refractivity contribution in [1.82, 2.24) is 10.6 Å². The van der Waals surface area contributed by atoms with E-state index < -0.39 is 24.1 Å². The second-order valence-corrected chi connectivity index (χ2v) is 5.85. The quantitative estimate of drug-likeness (QED) is 0.308. The van der Waals surface area contributed by atoms with Crippen molar-refractivity contribution in [2.75, 3.05) is 18.4 Å². The monoisotopic (exact) mass is 381 g/mol. The predicted molar refractivity (Wildman–Crippen MR) is 95.7 cm³/mol. The van der Waals surface area contributed by atoms with Crippen molar-refractivity contribution in [3.63, 3.8) is 0 Å². The fourth-order valence-corrected chi connectivity index (χ4v) is 2.29. The van der Waals surface area contributed by atoms with Crippen molar-refractivity contribution < 1.29 is 34.5 Å². The summed E-state index contributed by atoms with van der Waals surface area (Å²) in [6.45, 7) is -0.249. The molecule has 0 heterocycles. The van der Waals surface area contributed by atoms with E-state index in [9.17, 15) is 19.2 Å². The summed E-state index contributed by atoms with van der Waals surface area (Å²) in [6.07, 6.45) is -0.511. The summed E-state index contributed by atoms with van der Waals surface area (Å²) in [7, 11) is 0. The molecular formula is C17H23N3O7. The molecule has 0 radical (unpaired) electrons. The van der Waals surface area contributed by atoms with Crippen LogP contribution in [0.25, 0.3) is 0 Å². The number of aliphatic carboxylic acids is 2. The fourth-order valence-electron chi connectivity index (χ4n) is 2.29. The first-order chi connectivity index (χ1) is 12.8. The molecule has 0 spiro atoms. The van der Waals surface area contributed by atoms with Gasteiger partial charge in [0.1, 0.15) is 0 Å². The van der Waals surface area contributed by atoms with E-state index in [1.807, 2.05) is 0 Å². The Morgan fingerprint density at radius 3 is 2.15 bits per heavy atom. The van der Waals surface area contributed by atoms with Crippen LogP contribution in [0, 0.1) is 0 Å². The van der Waals surface area contributed by atoms with Crippen molar-refractivity contribution in [2.24, 2.45) is 0 Å². The summed E-state index contributed by atoms with van der Waals surface area (Å²) in [6, 6.07) is 6.41. The number of carbonyl (C=O) groups is 4. The molecule has 10 heteroatoms. The lowest BCUT2D eigenvalue weighted by Gasteiger charge is -2.18. The molecule has 1 atom stereocenters. The van der Waals surface area contributed by atoms with Crippen LogP contribution in [0.2, 0.25) is 0 Å². The minimum absolute atomic E-state index is 0.0463. The third-order valence-electron chi connectivity index (χ3n) is 3.56. The number of hydrogen-bond acceptors (Lipinski definition) is 5. The zero-order chi connectivity index (χ0) is 20.2. The molecule has 0 aliphatic rings. The van der Waals surface area contributed by atoms with Crippen molar-refractivity contribution in [3.05, 3.63) is 29.8 Å². The number of anilines is 1. The first-order valence-electron chi connectivity index (χ1n) is 8.29. The van der Waals surface area contributed by atoms with Crippen LogP contribution in [-0.4, -0.2) is 58.4 Å². The highest BCUT2D eigenvalue weighted by Crippen LogP contribution is 2.12. The highest BCUT2D eigenvalue weighted by atomic mass is 16.4. The van der Waals surface area contributed by atoms with Crippen LogP contribution in [0.15, 0.2) is 24.3 Å². The van der Waals surface area contributed by atoms with Crippen molar-refractivity contribution in [1.29, 1.82) is 0 Å². The zero-order valence-electron chi connectivity index (χ0n) is 14.6. The third-order valence-corrected chi connectivity index (χ3v) is 3.56. The highest BCUT2D eigenvalue weighted by molar-refractivity contribution is 5.90. The molecule has 0 fully saturated rings. The fraction of sp³-hybridized carbons (Fsp3) is 0.412. The van der Waals surface area contributed by atoms with Gasteiger partial charge < -0.3 is 31.3 Å². The Bertz CT molecular complexity index is 643. The Morgan fingerprint density at radius 2 is 1.59 bits per heavy atom. The molecule has 0 bridgehead atoms. The maximum atomic E-state index is 11.7. The number of benzene rings is 1. The number of carboxylic acids is 2. The molecule has 1 aromatic rings. The minimum atomic E-state index is -1.20. The molecule has 0 saturated carbocycles. The molecular weight excluding hydrogens is 358 g/mol. The Hall–Kier alpha value is -3.14. The number of carboxylic acid groups (broad SMARTS) is 3. The molecule has 1 aromatic carbocycles. The first-order valence-corrected chi connectivity index (χ1v) is 8.29. The van der Waals surface area contributed by atoms with E-state index in [1.165, 1.54) is 0 Å². The molecule has 6 N–H and O–H groups in total. The summed E-state index contributed by atoms with van der Waals surface area (Å²) in [5.74, 6) is -2.28. The van der Waals surface area contributed by atoms with Gasteiger partial charge in [-0.1, -0.05) is 12.1 Å². The average Bonchev–Trinajstić information content (AvgIpc) is 2.58. The SMILES string of the molecule is O=C(O)CCCC(=O)Nc1ccc(CC(CNC(=O)O)NCC(=O)O)cc1. The van der Waals surface area contributed by atoms with Gasteiger partial charge in [0.05, 0.1) is 6.54 Å². The van der Waals surface area contributed by atoms with Crippen LogP contribution >= 0.6 is 0 Å². The molecule has 0 aromatic heterocycles. The lowest BCUT2D eigenvalue weighted by atomic mass is 10.1. The maximum Gasteiger partial charge on any atom is 0.404 e. The van der Waals surface area contributed by atoms with E-state index >= 15 is 0 Å². The van der Waals surface area contributed by atoms with Crippen molar-refractivity contribution in [2.45, 2.75) is 31.7 Å². The van der Waals surface area contributed by atoms with E-state index in [0.29, 0.717) is 12.1 Å². The van der Waals surface area contributed by atoms with Gasteiger partial charge in [-0.2, -0.15) is 0 Å². The van der Waals surface area contributed by atoms with E-state index in [2.05, 4.69) is 16.0 Å². The Kier molecular flexibility index (Phi) is 9.30. The number of amides is 2. The summed E-state index contributed by atoms with van der Waals surface area (Å²) < 4.78 is 0. The van der Waals surface area contributed by atoms with Crippen molar-refractivity contribution in [3.8, 4) is 0 Å². The van der Waals surface area contributed by atoms with Gasteiger partial charge in [-0.15, -0.1) is 0 Å². The molecule has 148 valence electrons. The van der Waals surface area contributed by atoms with Gasteiger partial charge in [-0.3, -0.25) is 14.4 Å². The number of nitrogens with one attached hydrogen (secondary N) is 3. The molecule has 1 rings (SSSR count). The minimum Gasteiger partial charge on any atom is -0.481 e. The topological polar surface area (TPSA) is 165 Å². The smallest absolute Gasteiger partial charge is 0.404 e. The maximum absolute atomic E-state index is 11.7. The Balaban J connectivity index is 2.55. The molecule has 2 amide bonds. The predicted octanol–water partition coefficient (Wildman–Crippen LogP) is 0.733. The second-order valence-electron chi connectivity index (χ2n) is 5.85. The number of rotatable bonds is 12. The van der Waals surface area contributed by atoms with Crippen LogP contribution in [0.5, 0.6) is 0 Å². The van der Waals surface area contributed by atoms with Gasteiger partial charge in [0.25, 0.3) is 0 Å². The average molecular weight is 381 g/mol. The normalized spacial score (nSPS) is 11.4. The molecule has 1 unspecified atom stereocenters. The second kappa shape index (κ2) is 11.5. The van der Waals surface area contributed by atoms with Crippen LogP contribution < -0.4 is 16.0 Å². The highest BCUT2D eigenvalue weighted by Gasteiger charge is 2.12. The molecule has 10 nitrogen and oxygen atoms in total. The van der Waals surface area contributed by atoms with E-state index in [-0.39, 0.29) is 38.3 Å². The third kappa shape index (κ3) is 10.4. The summed E-state index contributed by atoms with van der Waals surface area (Å²) >= 11 is 0. The van der Waals surface area contributed by atoms with Crippen LogP contribution in [0.4, 0.5) is 10.5 Å². The van der Waals surface area contributed by atoms with Gasteiger partial charge in [0.15, 0.2) is 0 Å². The van der Waals surface area contributed by atoms with Gasteiger partial charge >= 0.3 is 18.0 Å². The standard InChI is InChI=1S/C17H23N3O7/c21-14(2-1-3-15(22)23)20-12-6-4-11(5-7-12)8-13(9-19-17(26)27)18-10-16(24)25/h4-7,13,18-19H,1-3,8-10H2,(H,20,21)(H,22,23)(H,24,25)(H,26,27). The summed E-state index contributed by atoms with van der Waals surface area (Å²) in [4.78, 5) is 43.5. The first kappa shape index (κ1) is 21.9. The lowest BCUT2D eigenvalue weighted by molar-refractivity contribution is -0.137. The van der Waals surface area contributed by atoms with Gasteiger partial charge in [0, 0.05) is 31.1 Å². The van der Waals surface area contributed by atoms with Crippen molar-refractivity contribution >= 4 is 29.6 Å². The van der Waals surface area contributed by atoms with E-state index in [4.69, 9.17) is 15.3 Å². The molecule has 0 aliphatic heterocycles. The Morgan fingerprint density at radius 1 is 0.926 bits per heavy atom. The molecule has 0 saturated heterocycles. The summed E-state index contributed by atoms with van der Waals surface area (Å²) in [5, 5.41) is 33.6. The van der Waals surface area contributed by atoms with Crippen LogP contribution in [0.3, 0.4) is 0 Å². The zero-order valence-corrected chi connectivity index (χ0v) is 14.6. The lowest BCUT2D eigenvalue weighted by Crippen LogP contribution is -2.43. The van der Waals surface area contributed by atoms with Gasteiger partial charge in [0.2, 0.25) is 5.91 Å². The molecule has 0 aliphatic carbocycles.